The Hall–Kier alpha value is -1.29. The van der Waals surface area contributed by atoms with Gasteiger partial charge in [0.25, 0.3) is 0 Å². The molecule has 1 aromatic rings. The molecule has 90 valence electrons. The van der Waals surface area contributed by atoms with Crippen molar-refractivity contribution in [2.75, 3.05) is 0 Å². The first-order valence-electron chi connectivity index (χ1n) is 5.71. The molecule has 1 amide bonds. The third-order valence-electron chi connectivity index (χ3n) is 2.45. The number of rotatable bonds is 6. The van der Waals surface area contributed by atoms with Crippen LogP contribution in [0.4, 0.5) is 0 Å². The standard InChI is InChI=1S/C12H21N3O/c1-10(13)4-3-5-12(16)14-8-11-6-7-15(2)9-11/h6-7,9-10H,3-5,8,13H2,1-2H3,(H,14,16). The van der Waals surface area contributed by atoms with Crippen molar-refractivity contribution in [3.05, 3.63) is 24.0 Å². The Morgan fingerprint density at radius 2 is 2.38 bits per heavy atom. The molecule has 4 nitrogen and oxygen atoms in total. The van der Waals surface area contributed by atoms with E-state index in [-0.39, 0.29) is 11.9 Å². The average Bonchev–Trinajstić information content (AvgIpc) is 2.61. The smallest absolute Gasteiger partial charge is 0.220 e. The molecule has 0 saturated carbocycles. The third-order valence-corrected chi connectivity index (χ3v) is 2.45. The highest BCUT2D eigenvalue weighted by atomic mass is 16.1. The number of amides is 1. The Bertz CT molecular complexity index is 331. The number of aryl methyl sites for hydroxylation is 1. The second-order valence-corrected chi connectivity index (χ2v) is 4.33. The lowest BCUT2D eigenvalue weighted by Gasteiger charge is -2.05. The zero-order valence-corrected chi connectivity index (χ0v) is 10.1. The van der Waals surface area contributed by atoms with Crippen molar-refractivity contribution in [3.63, 3.8) is 0 Å². The number of carbonyl (C=O) groups excluding carboxylic acids is 1. The van der Waals surface area contributed by atoms with Crippen LogP contribution < -0.4 is 11.1 Å². The van der Waals surface area contributed by atoms with Crippen molar-refractivity contribution in [2.24, 2.45) is 12.8 Å². The van der Waals surface area contributed by atoms with Gasteiger partial charge < -0.3 is 15.6 Å². The van der Waals surface area contributed by atoms with Crippen LogP contribution in [-0.4, -0.2) is 16.5 Å². The van der Waals surface area contributed by atoms with E-state index in [1.54, 1.807) is 0 Å². The fourth-order valence-corrected chi connectivity index (χ4v) is 1.54. The van der Waals surface area contributed by atoms with Crippen molar-refractivity contribution >= 4 is 5.91 Å². The van der Waals surface area contributed by atoms with Crippen molar-refractivity contribution < 1.29 is 4.79 Å². The maximum atomic E-state index is 11.4. The highest BCUT2D eigenvalue weighted by Gasteiger charge is 2.02. The van der Waals surface area contributed by atoms with E-state index in [1.165, 1.54) is 0 Å². The molecule has 16 heavy (non-hydrogen) atoms. The Kier molecular flexibility index (Phi) is 5.05. The molecule has 0 aromatic carbocycles. The van der Waals surface area contributed by atoms with Crippen LogP contribution in [0.25, 0.3) is 0 Å². The lowest BCUT2D eigenvalue weighted by Crippen LogP contribution is -2.23. The minimum absolute atomic E-state index is 0.101. The quantitative estimate of drug-likeness (QED) is 0.760. The summed E-state index contributed by atoms with van der Waals surface area (Å²) >= 11 is 0. The average molecular weight is 223 g/mol. The van der Waals surface area contributed by atoms with E-state index in [2.05, 4.69) is 5.32 Å². The van der Waals surface area contributed by atoms with Gasteiger partial charge in [-0.25, -0.2) is 0 Å². The number of hydrogen-bond donors (Lipinski definition) is 2. The molecular weight excluding hydrogens is 202 g/mol. The van der Waals surface area contributed by atoms with Crippen molar-refractivity contribution in [1.82, 2.24) is 9.88 Å². The maximum absolute atomic E-state index is 11.4. The summed E-state index contributed by atoms with van der Waals surface area (Å²) in [6, 6.07) is 2.18. The summed E-state index contributed by atoms with van der Waals surface area (Å²) in [7, 11) is 1.97. The first-order valence-corrected chi connectivity index (χ1v) is 5.71. The maximum Gasteiger partial charge on any atom is 0.220 e. The Morgan fingerprint density at radius 1 is 1.62 bits per heavy atom. The second-order valence-electron chi connectivity index (χ2n) is 4.33. The fraction of sp³-hybridized carbons (Fsp3) is 0.583. The van der Waals surface area contributed by atoms with Gasteiger partial charge in [0.1, 0.15) is 0 Å². The van der Waals surface area contributed by atoms with E-state index >= 15 is 0 Å². The van der Waals surface area contributed by atoms with Gasteiger partial charge >= 0.3 is 0 Å². The van der Waals surface area contributed by atoms with E-state index < -0.39 is 0 Å². The molecule has 3 N–H and O–H groups in total. The molecule has 1 aromatic heterocycles. The summed E-state index contributed by atoms with van der Waals surface area (Å²) < 4.78 is 1.97. The Morgan fingerprint density at radius 3 is 2.94 bits per heavy atom. The van der Waals surface area contributed by atoms with Gasteiger partial charge in [-0.15, -0.1) is 0 Å². The minimum atomic E-state index is 0.101. The van der Waals surface area contributed by atoms with Gasteiger partial charge in [0.15, 0.2) is 0 Å². The van der Waals surface area contributed by atoms with Crippen LogP contribution in [0.3, 0.4) is 0 Å². The van der Waals surface area contributed by atoms with Crippen LogP contribution in [0.1, 0.15) is 31.7 Å². The summed E-state index contributed by atoms with van der Waals surface area (Å²) in [5, 5.41) is 2.89. The van der Waals surface area contributed by atoms with Crippen molar-refractivity contribution in [2.45, 2.75) is 38.8 Å². The van der Waals surface area contributed by atoms with Gasteiger partial charge in [0.05, 0.1) is 0 Å². The minimum Gasteiger partial charge on any atom is -0.357 e. The highest BCUT2D eigenvalue weighted by Crippen LogP contribution is 2.01. The normalized spacial score (nSPS) is 12.4. The molecular formula is C12H21N3O. The molecule has 4 heteroatoms. The number of nitrogens with two attached hydrogens (primary N) is 1. The first-order chi connectivity index (χ1) is 7.58. The van der Waals surface area contributed by atoms with Gasteiger partial charge in [0, 0.05) is 38.4 Å². The van der Waals surface area contributed by atoms with Crippen LogP contribution in [-0.2, 0) is 18.4 Å². The first kappa shape index (κ1) is 12.8. The summed E-state index contributed by atoms with van der Waals surface area (Å²) in [6.45, 7) is 2.57. The SMILES string of the molecule is CC(N)CCCC(=O)NCc1ccn(C)c1. The molecule has 0 radical (unpaired) electrons. The monoisotopic (exact) mass is 223 g/mol. The predicted molar refractivity (Wildman–Crippen MR) is 64.8 cm³/mol. The van der Waals surface area contributed by atoms with Gasteiger partial charge in [-0.1, -0.05) is 0 Å². The molecule has 0 saturated heterocycles. The largest absolute Gasteiger partial charge is 0.357 e. The van der Waals surface area contributed by atoms with Gasteiger partial charge in [-0.2, -0.15) is 0 Å². The van der Waals surface area contributed by atoms with Crippen LogP contribution >= 0.6 is 0 Å². The van der Waals surface area contributed by atoms with E-state index in [9.17, 15) is 4.79 Å². The summed E-state index contributed by atoms with van der Waals surface area (Å²) in [5.74, 6) is 0.101. The number of nitrogens with one attached hydrogen (secondary N) is 1. The molecule has 0 bridgehead atoms. The molecule has 1 rings (SSSR count). The van der Waals surface area contributed by atoms with Crippen molar-refractivity contribution in [3.8, 4) is 0 Å². The lowest BCUT2D eigenvalue weighted by atomic mass is 10.1. The van der Waals surface area contributed by atoms with Gasteiger partial charge in [-0.3, -0.25) is 4.79 Å². The molecule has 0 aliphatic rings. The second kappa shape index (κ2) is 6.33. The Labute approximate surface area is 96.8 Å². The molecule has 0 spiro atoms. The van der Waals surface area contributed by atoms with Crippen LogP contribution in [0.15, 0.2) is 18.5 Å². The summed E-state index contributed by atoms with van der Waals surface area (Å²) in [5.41, 5.74) is 6.74. The molecule has 0 aliphatic heterocycles. The van der Waals surface area contributed by atoms with E-state index in [1.807, 2.05) is 37.0 Å². The number of aromatic nitrogens is 1. The van der Waals surface area contributed by atoms with E-state index in [0.29, 0.717) is 13.0 Å². The fourth-order valence-electron chi connectivity index (χ4n) is 1.54. The van der Waals surface area contributed by atoms with Crippen LogP contribution in [0.5, 0.6) is 0 Å². The van der Waals surface area contributed by atoms with E-state index in [0.717, 1.165) is 18.4 Å². The zero-order chi connectivity index (χ0) is 12.0. The van der Waals surface area contributed by atoms with Crippen LogP contribution in [0, 0.1) is 0 Å². The third kappa shape index (κ3) is 4.98. The molecule has 1 atom stereocenters. The summed E-state index contributed by atoms with van der Waals surface area (Å²) in [6.07, 6.45) is 6.30. The Balaban J connectivity index is 2.15. The summed E-state index contributed by atoms with van der Waals surface area (Å²) in [4.78, 5) is 11.4. The van der Waals surface area contributed by atoms with Gasteiger partial charge in [-0.05, 0) is 31.4 Å². The number of nitrogens with zero attached hydrogens (tertiary/aromatic N) is 1. The highest BCUT2D eigenvalue weighted by molar-refractivity contribution is 5.75. The van der Waals surface area contributed by atoms with Gasteiger partial charge in [0.2, 0.25) is 5.91 Å². The number of hydrogen-bond acceptors (Lipinski definition) is 2. The predicted octanol–water partition coefficient (Wildman–Crippen LogP) is 1.16. The molecule has 1 unspecified atom stereocenters. The lowest BCUT2D eigenvalue weighted by molar-refractivity contribution is -0.121. The topological polar surface area (TPSA) is 60.1 Å². The number of carbonyl (C=O) groups is 1. The van der Waals surface area contributed by atoms with Crippen molar-refractivity contribution in [1.29, 1.82) is 0 Å². The molecule has 1 heterocycles. The van der Waals surface area contributed by atoms with E-state index in [4.69, 9.17) is 5.73 Å². The van der Waals surface area contributed by atoms with Crippen LogP contribution in [0.2, 0.25) is 0 Å². The zero-order valence-electron chi connectivity index (χ0n) is 10.1. The molecule has 0 aliphatic carbocycles. The molecule has 0 fully saturated rings.